The molecule has 1 fully saturated rings. The standard InChI is InChI=1S/C19H22N2O2S/c1-2-24-18-11-10-16(13-20-18)17-9-6-12-21(17)19(22)23-14-15-7-4-3-5-8-15/h3-5,7-8,10-11,13,17H,2,6,9,12,14H2,1H3/t17-/m0/s1. The molecule has 1 aliphatic heterocycles. The van der Waals surface area contributed by atoms with Crippen molar-refractivity contribution in [2.45, 2.75) is 37.4 Å². The highest BCUT2D eigenvalue weighted by Crippen LogP contribution is 2.32. The maximum atomic E-state index is 12.5. The highest BCUT2D eigenvalue weighted by atomic mass is 32.2. The predicted molar refractivity (Wildman–Crippen MR) is 95.9 cm³/mol. The molecule has 0 bridgehead atoms. The zero-order valence-corrected chi connectivity index (χ0v) is 14.7. The molecule has 1 atom stereocenters. The first-order valence-corrected chi connectivity index (χ1v) is 9.32. The number of carbonyl (C=O) groups excluding carboxylic acids is 1. The van der Waals surface area contributed by atoms with Gasteiger partial charge in [-0.2, -0.15) is 0 Å². The molecule has 126 valence electrons. The first-order chi connectivity index (χ1) is 11.8. The van der Waals surface area contributed by atoms with Crippen molar-refractivity contribution >= 4 is 17.9 Å². The Bertz CT molecular complexity index is 661. The smallest absolute Gasteiger partial charge is 0.410 e. The summed E-state index contributed by atoms with van der Waals surface area (Å²) in [5.41, 5.74) is 2.09. The Kier molecular flexibility index (Phi) is 5.75. The molecule has 0 spiro atoms. The number of hydrogen-bond donors (Lipinski definition) is 0. The number of nitrogens with zero attached hydrogens (tertiary/aromatic N) is 2. The van der Waals surface area contributed by atoms with Gasteiger partial charge in [-0.25, -0.2) is 9.78 Å². The van der Waals surface area contributed by atoms with Crippen LogP contribution in [0, 0.1) is 0 Å². The van der Waals surface area contributed by atoms with Gasteiger partial charge in [-0.3, -0.25) is 0 Å². The van der Waals surface area contributed by atoms with Crippen molar-refractivity contribution in [1.29, 1.82) is 0 Å². The molecule has 3 rings (SSSR count). The van der Waals surface area contributed by atoms with E-state index in [2.05, 4.69) is 18.0 Å². The number of likely N-dealkylation sites (tertiary alicyclic amines) is 1. The average molecular weight is 342 g/mol. The third-order valence-corrected chi connectivity index (χ3v) is 4.95. The van der Waals surface area contributed by atoms with Crippen molar-refractivity contribution in [3.63, 3.8) is 0 Å². The minimum absolute atomic E-state index is 0.0708. The summed E-state index contributed by atoms with van der Waals surface area (Å²) >= 11 is 1.72. The van der Waals surface area contributed by atoms with Gasteiger partial charge in [0, 0.05) is 12.7 Å². The molecule has 0 radical (unpaired) electrons. The maximum Gasteiger partial charge on any atom is 0.410 e. The van der Waals surface area contributed by atoms with E-state index in [0.29, 0.717) is 6.61 Å². The van der Waals surface area contributed by atoms with Gasteiger partial charge in [0.2, 0.25) is 0 Å². The lowest BCUT2D eigenvalue weighted by molar-refractivity contribution is 0.0920. The van der Waals surface area contributed by atoms with Gasteiger partial charge in [0.05, 0.1) is 11.1 Å². The topological polar surface area (TPSA) is 42.4 Å². The molecular weight excluding hydrogens is 320 g/mol. The van der Waals surface area contributed by atoms with E-state index in [9.17, 15) is 4.79 Å². The fourth-order valence-corrected chi connectivity index (χ4v) is 3.54. The first-order valence-electron chi connectivity index (χ1n) is 8.34. The van der Waals surface area contributed by atoms with E-state index < -0.39 is 0 Å². The summed E-state index contributed by atoms with van der Waals surface area (Å²) in [7, 11) is 0. The summed E-state index contributed by atoms with van der Waals surface area (Å²) in [6.45, 7) is 3.17. The van der Waals surface area contributed by atoms with Gasteiger partial charge < -0.3 is 9.64 Å². The summed E-state index contributed by atoms with van der Waals surface area (Å²) in [4.78, 5) is 18.8. The van der Waals surface area contributed by atoms with Crippen molar-refractivity contribution < 1.29 is 9.53 Å². The molecule has 1 saturated heterocycles. The second-order valence-corrected chi connectivity index (χ2v) is 7.04. The van der Waals surface area contributed by atoms with Crippen LogP contribution in [0.15, 0.2) is 53.7 Å². The molecule has 0 unspecified atom stereocenters. The van der Waals surface area contributed by atoms with Crippen LogP contribution in [0.3, 0.4) is 0 Å². The second-order valence-electron chi connectivity index (χ2n) is 5.75. The highest BCUT2D eigenvalue weighted by Gasteiger charge is 2.31. The zero-order chi connectivity index (χ0) is 16.8. The summed E-state index contributed by atoms with van der Waals surface area (Å²) < 4.78 is 5.49. The van der Waals surface area contributed by atoms with Gasteiger partial charge in [0.1, 0.15) is 6.61 Å². The van der Waals surface area contributed by atoms with Gasteiger partial charge in [-0.1, -0.05) is 43.3 Å². The van der Waals surface area contributed by atoms with Crippen LogP contribution in [-0.2, 0) is 11.3 Å². The van der Waals surface area contributed by atoms with Gasteiger partial charge >= 0.3 is 6.09 Å². The highest BCUT2D eigenvalue weighted by molar-refractivity contribution is 7.99. The van der Waals surface area contributed by atoms with Crippen molar-refractivity contribution in [3.8, 4) is 0 Å². The van der Waals surface area contributed by atoms with Crippen LogP contribution in [0.1, 0.15) is 36.9 Å². The van der Waals surface area contributed by atoms with Gasteiger partial charge in [-0.15, -0.1) is 11.8 Å². The maximum absolute atomic E-state index is 12.5. The first kappa shape index (κ1) is 16.8. The van der Waals surface area contributed by atoms with Crippen molar-refractivity contribution in [1.82, 2.24) is 9.88 Å². The molecule has 1 aromatic carbocycles. The number of ether oxygens (including phenoxy) is 1. The molecule has 24 heavy (non-hydrogen) atoms. The molecule has 1 amide bonds. The average Bonchev–Trinajstić information content (AvgIpc) is 3.11. The minimum Gasteiger partial charge on any atom is -0.445 e. The third-order valence-electron chi connectivity index (χ3n) is 4.13. The third kappa shape index (κ3) is 4.09. The van der Waals surface area contributed by atoms with Crippen LogP contribution >= 0.6 is 11.8 Å². The van der Waals surface area contributed by atoms with E-state index in [0.717, 1.165) is 41.3 Å². The Morgan fingerprint density at radius 1 is 1.29 bits per heavy atom. The van der Waals surface area contributed by atoms with Crippen LogP contribution in [-0.4, -0.2) is 28.3 Å². The van der Waals surface area contributed by atoms with E-state index in [-0.39, 0.29) is 12.1 Å². The summed E-state index contributed by atoms with van der Waals surface area (Å²) in [5, 5.41) is 1.03. The largest absolute Gasteiger partial charge is 0.445 e. The molecule has 2 heterocycles. The van der Waals surface area contributed by atoms with Crippen LogP contribution < -0.4 is 0 Å². The number of hydrogen-bond acceptors (Lipinski definition) is 4. The van der Waals surface area contributed by atoms with Crippen LogP contribution in [0.5, 0.6) is 0 Å². The van der Waals surface area contributed by atoms with Gasteiger partial charge in [0.25, 0.3) is 0 Å². The molecule has 0 saturated carbocycles. The minimum atomic E-state index is -0.242. The van der Waals surface area contributed by atoms with Crippen molar-refractivity contribution in [3.05, 3.63) is 59.8 Å². The fourth-order valence-electron chi connectivity index (χ4n) is 2.96. The second kappa shape index (κ2) is 8.20. The lowest BCUT2D eigenvalue weighted by Crippen LogP contribution is -2.31. The lowest BCUT2D eigenvalue weighted by Gasteiger charge is -2.24. The van der Waals surface area contributed by atoms with E-state index in [1.807, 2.05) is 47.5 Å². The molecule has 4 nitrogen and oxygen atoms in total. The van der Waals surface area contributed by atoms with E-state index in [1.165, 1.54) is 0 Å². The zero-order valence-electron chi connectivity index (χ0n) is 13.9. The quantitative estimate of drug-likeness (QED) is 0.741. The Hall–Kier alpha value is -2.01. The van der Waals surface area contributed by atoms with E-state index >= 15 is 0 Å². The number of rotatable bonds is 5. The number of pyridine rings is 1. The normalized spacial score (nSPS) is 17.0. The Balaban J connectivity index is 1.63. The predicted octanol–water partition coefficient (Wildman–Crippen LogP) is 4.67. The molecule has 5 heteroatoms. The molecule has 1 aliphatic rings. The number of carbonyl (C=O) groups is 1. The number of thioether (sulfide) groups is 1. The molecule has 0 N–H and O–H groups in total. The molecule has 1 aromatic heterocycles. The van der Waals surface area contributed by atoms with Crippen LogP contribution in [0.2, 0.25) is 0 Å². The Morgan fingerprint density at radius 2 is 2.12 bits per heavy atom. The summed E-state index contributed by atoms with van der Waals surface area (Å²) in [6, 6.07) is 14.0. The lowest BCUT2D eigenvalue weighted by atomic mass is 10.1. The van der Waals surface area contributed by atoms with Gasteiger partial charge in [0.15, 0.2) is 0 Å². The Labute approximate surface area is 147 Å². The molecular formula is C19H22N2O2S. The van der Waals surface area contributed by atoms with Crippen LogP contribution in [0.4, 0.5) is 4.79 Å². The Morgan fingerprint density at radius 3 is 2.83 bits per heavy atom. The monoisotopic (exact) mass is 342 g/mol. The molecule has 0 aliphatic carbocycles. The van der Waals surface area contributed by atoms with Crippen molar-refractivity contribution in [2.75, 3.05) is 12.3 Å². The summed E-state index contributed by atoms with van der Waals surface area (Å²) in [5.74, 6) is 1.01. The number of benzene rings is 1. The summed E-state index contributed by atoms with van der Waals surface area (Å²) in [6.07, 6.45) is 3.61. The van der Waals surface area contributed by atoms with Crippen LogP contribution in [0.25, 0.3) is 0 Å². The van der Waals surface area contributed by atoms with E-state index in [4.69, 9.17) is 4.74 Å². The van der Waals surface area contributed by atoms with Crippen molar-refractivity contribution in [2.24, 2.45) is 0 Å². The number of aromatic nitrogens is 1. The SMILES string of the molecule is CCSc1ccc([C@@H]2CCCN2C(=O)OCc2ccccc2)cn1. The van der Waals surface area contributed by atoms with E-state index in [1.54, 1.807) is 11.8 Å². The molecule has 2 aromatic rings. The fraction of sp³-hybridized carbons (Fsp3) is 0.368. The van der Waals surface area contributed by atoms with Gasteiger partial charge in [-0.05, 0) is 35.8 Å². The number of amides is 1.